The minimum absolute atomic E-state index is 0. The van der Waals surface area contributed by atoms with Gasteiger partial charge in [-0.25, -0.2) is 0 Å². The summed E-state index contributed by atoms with van der Waals surface area (Å²) in [6, 6.07) is 6.97. The smallest absolute Gasteiger partial charge is 0.193 e. The Morgan fingerprint density at radius 3 is 2.50 bits per heavy atom. The summed E-state index contributed by atoms with van der Waals surface area (Å²) >= 11 is 0. The molecule has 1 atom stereocenters. The zero-order valence-electron chi connectivity index (χ0n) is 15.5. The van der Waals surface area contributed by atoms with E-state index >= 15 is 0 Å². The van der Waals surface area contributed by atoms with Crippen molar-refractivity contribution >= 4 is 35.6 Å². The Labute approximate surface area is 164 Å². The van der Waals surface area contributed by atoms with Crippen LogP contribution in [0.15, 0.2) is 23.2 Å². The number of rotatable bonds is 7. The first-order valence-corrected chi connectivity index (χ1v) is 8.90. The molecule has 0 saturated heterocycles. The second-order valence-electron chi connectivity index (χ2n) is 6.80. The van der Waals surface area contributed by atoms with Gasteiger partial charge in [0.05, 0.1) is 6.54 Å². The molecule has 136 valence electrons. The summed E-state index contributed by atoms with van der Waals surface area (Å²) in [5.74, 6) is 1.17. The fourth-order valence-corrected chi connectivity index (χ4v) is 3.60. The highest BCUT2D eigenvalue weighted by Gasteiger charge is 2.20. The molecule has 5 heteroatoms. The van der Waals surface area contributed by atoms with Crippen molar-refractivity contribution in [2.75, 3.05) is 26.0 Å². The topological polar surface area (TPSA) is 53.6 Å². The molecule has 0 spiro atoms. The van der Waals surface area contributed by atoms with Crippen LogP contribution in [0.2, 0.25) is 0 Å². The fourth-order valence-electron chi connectivity index (χ4n) is 3.60. The number of hydrogen-bond donors (Lipinski definition) is 2. The summed E-state index contributed by atoms with van der Waals surface area (Å²) in [6.07, 6.45) is 6.00. The van der Waals surface area contributed by atoms with Gasteiger partial charge in [0, 0.05) is 11.7 Å². The Kier molecular flexibility index (Phi) is 9.05. The van der Waals surface area contributed by atoms with Crippen molar-refractivity contribution < 1.29 is 0 Å². The average molecular weight is 444 g/mol. The van der Waals surface area contributed by atoms with Crippen molar-refractivity contribution in [2.45, 2.75) is 52.0 Å². The van der Waals surface area contributed by atoms with Crippen LogP contribution in [0, 0.1) is 5.92 Å². The minimum Gasteiger partial charge on any atom is -0.370 e. The van der Waals surface area contributed by atoms with Gasteiger partial charge in [0.1, 0.15) is 0 Å². The van der Waals surface area contributed by atoms with E-state index in [9.17, 15) is 0 Å². The molecule has 3 N–H and O–H groups in total. The molecule has 0 saturated carbocycles. The number of aliphatic imine (C=N–C) groups is 1. The van der Waals surface area contributed by atoms with E-state index < -0.39 is 0 Å². The highest BCUT2D eigenvalue weighted by Crippen LogP contribution is 2.24. The molecule has 0 radical (unpaired) electrons. The lowest BCUT2D eigenvalue weighted by atomic mass is 9.93. The van der Waals surface area contributed by atoms with Gasteiger partial charge >= 0.3 is 0 Å². The molecule has 0 heterocycles. The van der Waals surface area contributed by atoms with Crippen LogP contribution in [0.3, 0.4) is 0 Å². The largest absolute Gasteiger partial charge is 0.370 e. The van der Waals surface area contributed by atoms with Gasteiger partial charge in [-0.3, -0.25) is 4.99 Å². The number of aryl methyl sites for hydroxylation is 2. The maximum atomic E-state index is 6.10. The van der Waals surface area contributed by atoms with Gasteiger partial charge in [-0.05, 0) is 62.5 Å². The van der Waals surface area contributed by atoms with E-state index in [1.54, 1.807) is 0 Å². The lowest BCUT2D eigenvalue weighted by Crippen LogP contribution is -2.38. The van der Waals surface area contributed by atoms with E-state index in [1.807, 2.05) is 0 Å². The molecule has 0 fully saturated rings. The van der Waals surface area contributed by atoms with Crippen molar-refractivity contribution in [2.24, 2.45) is 16.6 Å². The van der Waals surface area contributed by atoms with Crippen LogP contribution in [0.5, 0.6) is 0 Å². The van der Waals surface area contributed by atoms with Crippen molar-refractivity contribution in [3.63, 3.8) is 0 Å². The van der Waals surface area contributed by atoms with Crippen LogP contribution in [-0.2, 0) is 12.8 Å². The normalized spacial score (nSPS) is 15.3. The Balaban J connectivity index is 0.00000288. The Morgan fingerprint density at radius 1 is 1.21 bits per heavy atom. The molecular weight excluding hydrogens is 411 g/mol. The second-order valence-corrected chi connectivity index (χ2v) is 6.80. The predicted octanol–water partition coefficient (Wildman–Crippen LogP) is 3.89. The summed E-state index contributed by atoms with van der Waals surface area (Å²) in [5, 5.41) is 3.25. The monoisotopic (exact) mass is 444 g/mol. The average Bonchev–Trinajstić information content (AvgIpc) is 2.98. The summed E-state index contributed by atoms with van der Waals surface area (Å²) in [4.78, 5) is 6.86. The van der Waals surface area contributed by atoms with Gasteiger partial charge < -0.3 is 16.0 Å². The molecule has 0 bridgehead atoms. The van der Waals surface area contributed by atoms with Crippen LogP contribution in [0.25, 0.3) is 0 Å². The number of fused-ring (bicyclic) bond motifs is 1. The first-order chi connectivity index (χ1) is 11.0. The van der Waals surface area contributed by atoms with E-state index in [0.29, 0.717) is 17.9 Å². The van der Waals surface area contributed by atoms with Crippen LogP contribution in [0.1, 0.15) is 44.2 Å². The van der Waals surface area contributed by atoms with Gasteiger partial charge in [-0.2, -0.15) is 0 Å². The zero-order chi connectivity index (χ0) is 16.8. The third kappa shape index (κ3) is 5.62. The Hall–Kier alpha value is -0.820. The molecule has 1 aromatic rings. The van der Waals surface area contributed by atoms with Crippen molar-refractivity contribution in [1.29, 1.82) is 0 Å². The van der Waals surface area contributed by atoms with Gasteiger partial charge in [-0.15, -0.1) is 24.0 Å². The minimum atomic E-state index is 0. The van der Waals surface area contributed by atoms with Crippen molar-refractivity contribution in [1.82, 2.24) is 4.90 Å². The number of guanidine groups is 1. The molecule has 1 aromatic carbocycles. The number of hydrogen-bond acceptors (Lipinski definition) is 2. The van der Waals surface area contributed by atoms with Gasteiger partial charge in [0.2, 0.25) is 0 Å². The predicted molar refractivity (Wildman–Crippen MR) is 116 cm³/mol. The van der Waals surface area contributed by atoms with E-state index in [0.717, 1.165) is 12.2 Å². The van der Waals surface area contributed by atoms with E-state index in [-0.39, 0.29) is 24.0 Å². The lowest BCUT2D eigenvalue weighted by Gasteiger charge is -2.30. The first kappa shape index (κ1) is 21.2. The number of nitrogens with one attached hydrogen (secondary N) is 1. The number of benzene rings is 1. The van der Waals surface area contributed by atoms with Crippen LogP contribution in [-0.4, -0.2) is 37.5 Å². The summed E-state index contributed by atoms with van der Waals surface area (Å²) in [7, 11) is 4.26. The first-order valence-electron chi connectivity index (χ1n) is 8.90. The molecule has 0 aliphatic heterocycles. The third-order valence-corrected chi connectivity index (χ3v) is 5.08. The SMILES string of the molecule is CCC(CC)C(CN=C(N)Nc1ccc2c(c1)CCC2)N(C)C.I. The summed E-state index contributed by atoms with van der Waals surface area (Å²) < 4.78 is 0. The van der Waals surface area contributed by atoms with Crippen LogP contribution in [0.4, 0.5) is 5.69 Å². The fraction of sp³-hybridized carbons (Fsp3) is 0.632. The molecule has 24 heavy (non-hydrogen) atoms. The van der Waals surface area contributed by atoms with Crippen molar-refractivity contribution in [3.8, 4) is 0 Å². The number of nitrogens with two attached hydrogens (primary N) is 1. The number of halogens is 1. The zero-order valence-corrected chi connectivity index (χ0v) is 17.8. The number of nitrogens with zero attached hydrogens (tertiary/aromatic N) is 2. The van der Waals surface area contributed by atoms with Gasteiger partial charge in [0.25, 0.3) is 0 Å². The molecular formula is C19H33IN4. The van der Waals surface area contributed by atoms with E-state index in [4.69, 9.17) is 5.73 Å². The molecule has 1 aliphatic carbocycles. The van der Waals surface area contributed by atoms with Crippen molar-refractivity contribution in [3.05, 3.63) is 29.3 Å². The summed E-state index contributed by atoms with van der Waals surface area (Å²) in [5.41, 5.74) is 10.1. The third-order valence-electron chi connectivity index (χ3n) is 5.08. The van der Waals surface area contributed by atoms with E-state index in [1.165, 1.54) is 43.2 Å². The number of likely N-dealkylation sites (N-methyl/N-ethyl adjacent to an activating group) is 1. The highest BCUT2D eigenvalue weighted by molar-refractivity contribution is 14.0. The van der Waals surface area contributed by atoms with Gasteiger partial charge in [0.15, 0.2) is 5.96 Å². The Morgan fingerprint density at radius 2 is 1.88 bits per heavy atom. The molecule has 2 rings (SSSR count). The molecule has 1 aliphatic rings. The maximum absolute atomic E-state index is 6.10. The summed E-state index contributed by atoms with van der Waals surface area (Å²) in [6.45, 7) is 5.24. The quantitative estimate of drug-likeness (QED) is 0.381. The number of anilines is 1. The van der Waals surface area contributed by atoms with Gasteiger partial charge in [-0.1, -0.05) is 32.8 Å². The standard InChI is InChI=1S/C19H32N4.HI/c1-5-14(6-2)18(23(3)4)13-21-19(20)22-17-11-10-15-8-7-9-16(15)12-17;/h10-12,14,18H,5-9,13H2,1-4H3,(H3,20,21,22);1H. The lowest BCUT2D eigenvalue weighted by molar-refractivity contribution is 0.206. The van der Waals surface area contributed by atoms with Crippen LogP contribution >= 0.6 is 24.0 Å². The maximum Gasteiger partial charge on any atom is 0.193 e. The van der Waals surface area contributed by atoms with Crippen LogP contribution < -0.4 is 11.1 Å². The molecule has 4 nitrogen and oxygen atoms in total. The Bertz CT molecular complexity index is 538. The molecule has 1 unspecified atom stereocenters. The molecule has 0 aromatic heterocycles. The molecule has 0 amide bonds. The van der Waals surface area contributed by atoms with E-state index in [2.05, 4.69) is 61.4 Å². The second kappa shape index (κ2) is 10.2. The highest BCUT2D eigenvalue weighted by atomic mass is 127.